The van der Waals surface area contributed by atoms with Gasteiger partial charge in [-0.3, -0.25) is 0 Å². The van der Waals surface area contributed by atoms with Crippen molar-refractivity contribution in [1.29, 1.82) is 0 Å². The van der Waals surface area contributed by atoms with Crippen molar-refractivity contribution in [3.8, 4) is 0 Å². The Hall–Kier alpha value is -2.09. The molecule has 0 saturated carbocycles. The highest BCUT2D eigenvalue weighted by Crippen LogP contribution is 2.30. The molecule has 6 nitrogen and oxygen atoms in total. The normalized spacial score (nSPS) is 18.2. The lowest BCUT2D eigenvalue weighted by Gasteiger charge is -2.33. The number of nitrogens with zero attached hydrogens (tertiary/aromatic N) is 3. The van der Waals surface area contributed by atoms with E-state index in [1.54, 1.807) is 31.2 Å². The molecule has 2 aromatic carbocycles. The van der Waals surface area contributed by atoms with Crippen LogP contribution in [0.3, 0.4) is 0 Å². The first-order valence-corrected chi connectivity index (χ1v) is 10.7. The molecule has 1 aromatic heterocycles. The molecule has 0 spiro atoms. The fraction of sp³-hybridized carbons (Fsp3) is 0.316. The monoisotopic (exact) mass is 404 g/mol. The van der Waals surface area contributed by atoms with Gasteiger partial charge in [0, 0.05) is 30.7 Å². The summed E-state index contributed by atoms with van der Waals surface area (Å²) in [5.74, 6) is 0. The first-order valence-electron chi connectivity index (χ1n) is 8.84. The Morgan fingerprint density at radius 1 is 1.22 bits per heavy atom. The number of hydrogen-bond donors (Lipinski definition) is 1. The van der Waals surface area contributed by atoms with Gasteiger partial charge in [0.2, 0.25) is 0 Å². The van der Waals surface area contributed by atoms with E-state index in [9.17, 15) is 8.42 Å². The van der Waals surface area contributed by atoms with Crippen LogP contribution in [0.15, 0.2) is 47.6 Å². The van der Waals surface area contributed by atoms with Crippen molar-refractivity contribution in [3.05, 3.63) is 53.3 Å². The summed E-state index contributed by atoms with van der Waals surface area (Å²) in [5, 5.41) is 3.84. The number of rotatable bonds is 3. The van der Waals surface area contributed by atoms with Crippen molar-refractivity contribution < 1.29 is 8.42 Å². The topological polar surface area (TPSA) is 67.2 Å². The smallest absolute Gasteiger partial charge is 0.269 e. The molecule has 3 aromatic rings. The second-order valence-electron chi connectivity index (χ2n) is 6.85. The molecule has 1 atom stereocenters. The summed E-state index contributed by atoms with van der Waals surface area (Å²) in [6.07, 6.45) is 1.38. The Bertz CT molecular complexity index is 1110. The van der Waals surface area contributed by atoms with E-state index in [-0.39, 0.29) is 4.90 Å². The summed E-state index contributed by atoms with van der Waals surface area (Å²) >= 11 is 6.14. The SMILES string of the molecule is Cc1c(Cl)cccc1S(=O)(=O)n1cnc2c(N3CCN[C@H](C)C3)cccc21. The predicted octanol–water partition coefficient (Wildman–Crippen LogP) is 3.03. The van der Waals surface area contributed by atoms with Crippen molar-refractivity contribution in [3.63, 3.8) is 0 Å². The van der Waals surface area contributed by atoms with Crippen LogP contribution in [0.5, 0.6) is 0 Å². The summed E-state index contributed by atoms with van der Waals surface area (Å²) in [5.41, 5.74) is 2.75. The molecule has 1 aliphatic rings. The van der Waals surface area contributed by atoms with Gasteiger partial charge in [0.15, 0.2) is 0 Å². The van der Waals surface area contributed by atoms with Gasteiger partial charge in [-0.25, -0.2) is 17.4 Å². The minimum atomic E-state index is -3.79. The van der Waals surface area contributed by atoms with E-state index in [1.165, 1.54) is 10.3 Å². The minimum Gasteiger partial charge on any atom is -0.367 e. The first-order chi connectivity index (χ1) is 12.9. The molecule has 1 saturated heterocycles. The molecule has 2 heterocycles. The van der Waals surface area contributed by atoms with Crippen LogP contribution in [0.1, 0.15) is 12.5 Å². The molecular weight excluding hydrogens is 384 g/mol. The maximum atomic E-state index is 13.3. The quantitative estimate of drug-likeness (QED) is 0.726. The molecule has 1 N–H and O–H groups in total. The molecule has 1 aliphatic heterocycles. The van der Waals surface area contributed by atoms with E-state index in [0.29, 0.717) is 27.7 Å². The molecule has 27 heavy (non-hydrogen) atoms. The number of fused-ring (bicyclic) bond motifs is 1. The fourth-order valence-electron chi connectivity index (χ4n) is 3.57. The standard InChI is InChI=1S/C19H21ClN4O2S/c1-13-11-23(10-9-21-13)16-6-4-7-17-19(16)22-12-24(17)27(25,26)18-8-3-5-15(20)14(18)2/h3-8,12-13,21H,9-11H2,1-2H3/t13-/m1/s1. The zero-order valence-corrected chi connectivity index (χ0v) is 16.8. The first kappa shape index (κ1) is 18.3. The number of imidazole rings is 1. The van der Waals surface area contributed by atoms with E-state index in [1.807, 2.05) is 12.1 Å². The van der Waals surface area contributed by atoms with Crippen molar-refractivity contribution in [2.75, 3.05) is 24.5 Å². The molecule has 0 radical (unpaired) electrons. The Balaban J connectivity index is 1.85. The lowest BCUT2D eigenvalue weighted by atomic mass is 10.2. The van der Waals surface area contributed by atoms with Gasteiger partial charge < -0.3 is 10.2 Å². The molecule has 0 amide bonds. The van der Waals surface area contributed by atoms with Gasteiger partial charge in [-0.1, -0.05) is 23.7 Å². The zero-order chi connectivity index (χ0) is 19.2. The van der Waals surface area contributed by atoms with Gasteiger partial charge in [0.05, 0.1) is 16.1 Å². The van der Waals surface area contributed by atoms with Gasteiger partial charge >= 0.3 is 0 Å². The van der Waals surface area contributed by atoms with E-state index < -0.39 is 10.0 Å². The maximum Gasteiger partial charge on any atom is 0.269 e. The Morgan fingerprint density at radius 3 is 2.78 bits per heavy atom. The number of para-hydroxylation sites is 1. The van der Waals surface area contributed by atoms with Crippen LogP contribution >= 0.6 is 11.6 Å². The largest absolute Gasteiger partial charge is 0.367 e. The molecule has 1 fully saturated rings. The number of hydrogen-bond acceptors (Lipinski definition) is 5. The van der Waals surface area contributed by atoms with Crippen molar-refractivity contribution >= 4 is 38.3 Å². The maximum absolute atomic E-state index is 13.3. The van der Waals surface area contributed by atoms with Crippen LogP contribution in [-0.4, -0.2) is 43.1 Å². The average Bonchev–Trinajstić information content (AvgIpc) is 3.09. The molecule has 142 valence electrons. The van der Waals surface area contributed by atoms with E-state index in [0.717, 1.165) is 25.3 Å². The Morgan fingerprint density at radius 2 is 2.00 bits per heavy atom. The molecule has 8 heteroatoms. The zero-order valence-electron chi connectivity index (χ0n) is 15.2. The molecule has 4 rings (SSSR count). The van der Waals surface area contributed by atoms with Crippen LogP contribution in [0.25, 0.3) is 11.0 Å². The van der Waals surface area contributed by atoms with E-state index in [2.05, 4.69) is 22.1 Å². The van der Waals surface area contributed by atoms with Gasteiger partial charge in [-0.2, -0.15) is 0 Å². The van der Waals surface area contributed by atoms with Crippen LogP contribution in [-0.2, 0) is 10.0 Å². The predicted molar refractivity (Wildman–Crippen MR) is 108 cm³/mol. The van der Waals surface area contributed by atoms with Crippen LogP contribution in [0, 0.1) is 6.92 Å². The van der Waals surface area contributed by atoms with Gasteiger partial charge in [-0.15, -0.1) is 0 Å². The summed E-state index contributed by atoms with van der Waals surface area (Å²) < 4.78 is 27.8. The second-order valence-corrected chi connectivity index (χ2v) is 9.05. The second kappa shape index (κ2) is 6.82. The summed E-state index contributed by atoms with van der Waals surface area (Å²) in [6.45, 7) is 6.44. The number of piperazine rings is 1. The molecular formula is C19H21ClN4O2S. The molecule has 0 bridgehead atoms. The van der Waals surface area contributed by atoms with E-state index >= 15 is 0 Å². The fourth-order valence-corrected chi connectivity index (χ4v) is 5.34. The Kier molecular flexibility index (Phi) is 4.61. The molecule has 0 aliphatic carbocycles. The third-order valence-electron chi connectivity index (χ3n) is 4.99. The van der Waals surface area contributed by atoms with Crippen LogP contribution < -0.4 is 10.2 Å². The number of benzene rings is 2. The van der Waals surface area contributed by atoms with Crippen molar-refractivity contribution in [2.45, 2.75) is 24.8 Å². The highest BCUT2D eigenvalue weighted by molar-refractivity contribution is 7.90. The summed E-state index contributed by atoms with van der Waals surface area (Å²) in [7, 11) is -3.79. The van der Waals surface area contributed by atoms with Gasteiger partial charge in [-0.05, 0) is 43.7 Å². The average molecular weight is 405 g/mol. The van der Waals surface area contributed by atoms with Crippen molar-refractivity contribution in [1.82, 2.24) is 14.3 Å². The summed E-state index contributed by atoms with van der Waals surface area (Å²) in [6, 6.07) is 10.9. The summed E-state index contributed by atoms with van der Waals surface area (Å²) in [4.78, 5) is 6.89. The number of nitrogens with one attached hydrogen (secondary N) is 1. The highest BCUT2D eigenvalue weighted by Gasteiger charge is 2.25. The highest BCUT2D eigenvalue weighted by atomic mass is 35.5. The van der Waals surface area contributed by atoms with Gasteiger partial charge in [0.1, 0.15) is 11.8 Å². The molecule has 0 unspecified atom stereocenters. The third kappa shape index (κ3) is 3.09. The number of anilines is 1. The Labute approximate surface area is 163 Å². The minimum absolute atomic E-state index is 0.190. The lowest BCUT2D eigenvalue weighted by Crippen LogP contribution is -2.49. The third-order valence-corrected chi connectivity index (χ3v) is 7.20. The van der Waals surface area contributed by atoms with Crippen molar-refractivity contribution in [2.24, 2.45) is 0 Å². The van der Waals surface area contributed by atoms with Crippen LogP contribution in [0.2, 0.25) is 5.02 Å². The van der Waals surface area contributed by atoms with Crippen LogP contribution in [0.4, 0.5) is 5.69 Å². The number of halogens is 1. The van der Waals surface area contributed by atoms with Gasteiger partial charge in [0.25, 0.3) is 10.0 Å². The van der Waals surface area contributed by atoms with E-state index in [4.69, 9.17) is 11.6 Å². The number of aromatic nitrogens is 2. The lowest BCUT2D eigenvalue weighted by molar-refractivity contribution is 0.485.